The first-order chi connectivity index (χ1) is 8.83. The number of halogens is 3. The summed E-state index contributed by atoms with van der Waals surface area (Å²) in [6, 6.07) is 1.73. The number of ether oxygens (including phenoxy) is 1. The maximum Gasteiger partial charge on any atom is 0.254 e. The molecule has 1 aromatic rings. The summed E-state index contributed by atoms with van der Waals surface area (Å²) in [5, 5.41) is 11.5. The van der Waals surface area contributed by atoms with Crippen molar-refractivity contribution in [2.24, 2.45) is 0 Å². The highest BCUT2D eigenvalue weighted by molar-refractivity contribution is 9.10. The third-order valence-corrected chi connectivity index (χ3v) is 3.26. The average Bonchev–Trinajstić information content (AvgIpc) is 2.39. The standard InChI is InChI=1S/C12H14BrF2NO3/c1-12(6-17,19-2)5-16-11(18)8-3-7(14)4-9(13)10(8)15/h3-4,17H,5-6H2,1-2H3,(H,16,18). The number of carbonyl (C=O) groups excluding carboxylic acids is 1. The van der Waals surface area contributed by atoms with Gasteiger partial charge in [0.25, 0.3) is 5.91 Å². The van der Waals surface area contributed by atoms with Crippen molar-refractivity contribution in [2.45, 2.75) is 12.5 Å². The summed E-state index contributed by atoms with van der Waals surface area (Å²) in [5.41, 5.74) is -1.39. The second-order valence-corrected chi connectivity index (χ2v) is 5.10. The zero-order valence-corrected chi connectivity index (χ0v) is 12.1. The Morgan fingerprint density at radius 1 is 1.53 bits per heavy atom. The fourth-order valence-corrected chi connectivity index (χ4v) is 1.71. The number of nitrogens with one attached hydrogen (secondary N) is 1. The maximum atomic E-state index is 13.7. The Hall–Kier alpha value is -1.05. The molecule has 1 atom stereocenters. The van der Waals surface area contributed by atoms with Gasteiger partial charge < -0.3 is 15.2 Å². The maximum absolute atomic E-state index is 13.7. The van der Waals surface area contributed by atoms with Crippen LogP contribution < -0.4 is 5.32 Å². The molecular formula is C12H14BrF2NO3. The Morgan fingerprint density at radius 3 is 2.68 bits per heavy atom. The molecule has 0 aromatic heterocycles. The van der Waals surface area contributed by atoms with E-state index >= 15 is 0 Å². The first-order valence-electron chi connectivity index (χ1n) is 5.42. The van der Waals surface area contributed by atoms with E-state index in [4.69, 9.17) is 9.84 Å². The summed E-state index contributed by atoms with van der Waals surface area (Å²) in [6.07, 6.45) is 0. The Kier molecular flexibility index (Phi) is 5.39. The van der Waals surface area contributed by atoms with E-state index in [9.17, 15) is 13.6 Å². The van der Waals surface area contributed by atoms with Gasteiger partial charge in [0.05, 0.1) is 16.6 Å². The first-order valence-corrected chi connectivity index (χ1v) is 6.21. The highest BCUT2D eigenvalue weighted by Crippen LogP contribution is 2.21. The van der Waals surface area contributed by atoms with Crippen LogP contribution in [-0.4, -0.2) is 36.9 Å². The minimum absolute atomic E-state index is 0.0353. The van der Waals surface area contributed by atoms with Crippen molar-refractivity contribution in [2.75, 3.05) is 20.3 Å². The molecule has 0 aliphatic carbocycles. The summed E-state index contributed by atoms with van der Waals surface area (Å²) in [7, 11) is 1.38. The van der Waals surface area contributed by atoms with Gasteiger partial charge in [-0.25, -0.2) is 8.78 Å². The number of aliphatic hydroxyl groups excluding tert-OH is 1. The molecule has 0 aliphatic heterocycles. The summed E-state index contributed by atoms with van der Waals surface area (Å²) in [6.45, 7) is 1.22. The summed E-state index contributed by atoms with van der Waals surface area (Å²) < 4.78 is 31.7. The quantitative estimate of drug-likeness (QED) is 0.806. The van der Waals surface area contributed by atoms with E-state index in [0.29, 0.717) is 0 Å². The molecule has 0 saturated heterocycles. The fraction of sp³-hybridized carbons (Fsp3) is 0.417. The van der Waals surface area contributed by atoms with Gasteiger partial charge in [0, 0.05) is 13.7 Å². The first kappa shape index (κ1) is 16.0. The van der Waals surface area contributed by atoms with Gasteiger partial charge in [-0.3, -0.25) is 4.79 Å². The fourth-order valence-electron chi connectivity index (χ4n) is 1.28. The van der Waals surface area contributed by atoms with Crippen molar-refractivity contribution in [3.8, 4) is 0 Å². The lowest BCUT2D eigenvalue weighted by molar-refractivity contribution is -0.0348. The number of benzene rings is 1. The van der Waals surface area contributed by atoms with E-state index in [1.165, 1.54) is 7.11 Å². The van der Waals surface area contributed by atoms with E-state index in [2.05, 4.69) is 21.2 Å². The molecule has 0 radical (unpaired) electrons. The smallest absolute Gasteiger partial charge is 0.254 e. The monoisotopic (exact) mass is 337 g/mol. The Morgan fingerprint density at radius 2 is 2.16 bits per heavy atom. The number of carbonyl (C=O) groups is 1. The molecule has 1 aromatic carbocycles. The molecule has 7 heteroatoms. The normalized spacial score (nSPS) is 14.0. The second-order valence-electron chi connectivity index (χ2n) is 4.24. The SMILES string of the molecule is COC(C)(CO)CNC(=O)c1cc(F)cc(Br)c1F. The van der Waals surface area contributed by atoms with Gasteiger partial charge in [-0.05, 0) is 35.0 Å². The molecule has 0 aliphatic rings. The number of amides is 1. The van der Waals surface area contributed by atoms with Gasteiger partial charge in [-0.2, -0.15) is 0 Å². The molecule has 1 amide bonds. The van der Waals surface area contributed by atoms with E-state index in [-0.39, 0.29) is 17.6 Å². The molecule has 0 saturated carbocycles. The Labute approximate surface area is 117 Å². The molecule has 0 heterocycles. The topological polar surface area (TPSA) is 58.6 Å². The highest BCUT2D eigenvalue weighted by Gasteiger charge is 2.24. The van der Waals surface area contributed by atoms with Crippen molar-refractivity contribution in [1.82, 2.24) is 5.32 Å². The van der Waals surface area contributed by atoms with Gasteiger partial charge >= 0.3 is 0 Å². The molecule has 19 heavy (non-hydrogen) atoms. The third kappa shape index (κ3) is 3.95. The predicted octanol–water partition coefficient (Wildman–Crippen LogP) is 1.85. The van der Waals surface area contributed by atoms with Gasteiger partial charge in [0.15, 0.2) is 0 Å². The van der Waals surface area contributed by atoms with Crippen LogP contribution in [0.3, 0.4) is 0 Å². The van der Waals surface area contributed by atoms with Crippen molar-refractivity contribution >= 4 is 21.8 Å². The Balaban J connectivity index is 2.85. The molecule has 0 fully saturated rings. The van der Waals surface area contributed by atoms with Gasteiger partial charge in [-0.1, -0.05) is 0 Å². The van der Waals surface area contributed by atoms with Gasteiger partial charge in [0.2, 0.25) is 0 Å². The van der Waals surface area contributed by atoms with E-state index < -0.39 is 28.7 Å². The van der Waals surface area contributed by atoms with Crippen LogP contribution in [0.5, 0.6) is 0 Å². The van der Waals surface area contributed by atoms with Gasteiger partial charge in [0.1, 0.15) is 17.2 Å². The summed E-state index contributed by atoms with van der Waals surface area (Å²) in [5.74, 6) is -2.36. The van der Waals surface area contributed by atoms with E-state index in [1.807, 2.05) is 0 Å². The summed E-state index contributed by atoms with van der Waals surface area (Å²) >= 11 is 2.82. The second kappa shape index (κ2) is 6.40. The molecule has 0 bridgehead atoms. The van der Waals surface area contributed by atoms with Crippen LogP contribution in [0.1, 0.15) is 17.3 Å². The molecule has 2 N–H and O–H groups in total. The third-order valence-electron chi connectivity index (χ3n) is 2.69. The van der Waals surface area contributed by atoms with Crippen LogP contribution in [0.2, 0.25) is 0 Å². The number of rotatable bonds is 5. The van der Waals surface area contributed by atoms with Crippen LogP contribution in [-0.2, 0) is 4.74 Å². The largest absolute Gasteiger partial charge is 0.393 e. The predicted molar refractivity (Wildman–Crippen MR) is 68.9 cm³/mol. The minimum atomic E-state index is -0.976. The van der Waals surface area contributed by atoms with Crippen molar-refractivity contribution in [1.29, 1.82) is 0 Å². The molecular weight excluding hydrogens is 324 g/mol. The molecule has 4 nitrogen and oxygen atoms in total. The minimum Gasteiger partial charge on any atom is -0.393 e. The van der Waals surface area contributed by atoms with Crippen LogP contribution in [0.15, 0.2) is 16.6 Å². The lowest BCUT2D eigenvalue weighted by Gasteiger charge is -2.25. The molecule has 1 rings (SSSR count). The number of aliphatic hydroxyl groups is 1. The van der Waals surface area contributed by atoms with Crippen molar-refractivity contribution in [3.05, 3.63) is 33.8 Å². The molecule has 1 unspecified atom stereocenters. The van der Waals surface area contributed by atoms with Crippen molar-refractivity contribution in [3.63, 3.8) is 0 Å². The zero-order valence-electron chi connectivity index (χ0n) is 10.5. The van der Waals surface area contributed by atoms with Crippen LogP contribution in [0, 0.1) is 11.6 Å². The molecule has 0 spiro atoms. The average molecular weight is 338 g/mol. The van der Waals surface area contributed by atoms with E-state index in [0.717, 1.165) is 12.1 Å². The Bertz CT molecular complexity index is 478. The van der Waals surface area contributed by atoms with Crippen LogP contribution >= 0.6 is 15.9 Å². The van der Waals surface area contributed by atoms with Crippen molar-refractivity contribution < 1.29 is 23.4 Å². The lowest BCUT2D eigenvalue weighted by atomic mass is 10.1. The summed E-state index contributed by atoms with van der Waals surface area (Å²) in [4.78, 5) is 11.8. The number of methoxy groups -OCH3 is 1. The number of hydrogen-bond donors (Lipinski definition) is 2. The van der Waals surface area contributed by atoms with Crippen LogP contribution in [0.25, 0.3) is 0 Å². The highest BCUT2D eigenvalue weighted by atomic mass is 79.9. The van der Waals surface area contributed by atoms with E-state index in [1.54, 1.807) is 6.92 Å². The zero-order chi connectivity index (χ0) is 14.6. The van der Waals surface area contributed by atoms with Gasteiger partial charge in [-0.15, -0.1) is 0 Å². The lowest BCUT2D eigenvalue weighted by Crippen LogP contribution is -2.45. The van der Waals surface area contributed by atoms with Crippen LogP contribution in [0.4, 0.5) is 8.78 Å². The molecule has 106 valence electrons. The number of hydrogen-bond acceptors (Lipinski definition) is 3.